The average molecular weight is 583 g/mol. The molecule has 3 heterocycles. The molecular formula is C31H36F2N4O5. The van der Waals surface area contributed by atoms with Gasteiger partial charge in [-0.3, -0.25) is 9.59 Å². The van der Waals surface area contributed by atoms with Crippen molar-refractivity contribution < 1.29 is 33.3 Å². The molecule has 2 fully saturated rings. The number of aliphatic hydroxyl groups is 1. The van der Waals surface area contributed by atoms with E-state index in [0.717, 1.165) is 23.8 Å². The number of amides is 1. The Morgan fingerprint density at radius 3 is 2.57 bits per heavy atom. The lowest BCUT2D eigenvalue weighted by molar-refractivity contribution is -0.145. The summed E-state index contributed by atoms with van der Waals surface area (Å²) < 4.78 is 36.7. The standard InChI is InChI=1S/C31H36F2N4O5/c1-19(38)30(39)37(17-21-13-26(31(40)41)34-15-21)28(22-9-11-42-12-10-22)29-35-27(24-14-23(32)7-8-25(24)33)18-36(29)16-20-5-3-2-4-6-20/h2-8,14,18-19,21-22,26,28,34,38H,9-13,15-17H2,1H3,(H,40,41)/t19-,21?,26?,28+/m0/s1. The molecule has 0 spiro atoms. The summed E-state index contributed by atoms with van der Waals surface area (Å²) in [7, 11) is 0. The first-order valence-corrected chi connectivity index (χ1v) is 14.3. The number of rotatable bonds is 10. The lowest BCUT2D eigenvalue weighted by Gasteiger charge is -2.40. The molecule has 2 saturated heterocycles. The Morgan fingerprint density at radius 1 is 1.17 bits per heavy atom. The second-order valence-electron chi connectivity index (χ2n) is 11.2. The van der Waals surface area contributed by atoms with Crippen LogP contribution in [0.2, 0.25) is 0 Å². The molecule has 0 aliphatic carbocycles. The van der Waals surface area contributed by atoms with Gasteiger partial charge in [0.15, 0.2) is 0 Å². The van der Waals surface area contributed by atoms with Crippen LogP contribution in [0.3, 0.4) is 0 Å². The average Bonchev–Trinajstić information content (AvgIpc) is 3.62. The van der Waals surface area contributed by atoms with Crippen molar-refractivity contribution in [1.29, 1.82) is 0 Å². The van der Waals surface area contributed by atoms with Gasteiger partial charge in [0.25, 0.3) is 5.91 Å². The molecule has 4 atom stereocenters. The fourth-order valence-corrected chi connectivity index (χ4v) is 6.03. The highest BCUT2D eigenvalue weighted by Gasteiger charge is 2.40. The first kappa shape index (κ1) is 29.8. The number of halogens is 2. The van der Waals surface area contributed by atoms with Gasteiger partial charge < -0.3 is 29.7 Å². The molecule has 3 aromatic rings. The third kappa shape index (κ3) is 6.69. The van der Waals surface area contributed by atoms with Gasteiger partial charge in [0, 0.05) is 44.6 Å². The maximum absolute atomic E-state index is 15.0. The molecule has 0 bridgehead atoms. The highest BCUT2D eigenvalue weighted by molar-refractivity contribution is 5.81. The minimum absolute atomic E-state index is 0.00600. The Bertz CT molecular complexity index is 1390. The van der Waals surface area contributed by atoms with E-state index < -0.39 is 41.7 Å². The summed E-state index contributed by atoms with van der Waals surface area (Å²) in [6.07, 6.45) is 1.94. The third-order valence-corrected chi connectivity index (χ3v) is 8.14. The quantitative estimate of drug-likeness (QED) is 0.334. The smallest absolute Gasteiger partial charge is 0.320 e. The van der Waals surface area contributed by atoms with Crippen LogP contribution in [0.4, 0.5) is 8.78 Å². The SMILES string of the molecule is C[C@H](O)C(=O)N(CC1CNC(C(=O)O)C1)[C@@H](c1nc(-c2cc(F)ccc2F)cn1Cc1ccccc1)C1CCOCC1. The Balaban J connectivity index is 1.63. The molecule has 0 radical (unpaired) electrons. The number of ether oxygens (including phenoxy) is 1. The van der Waals surface area contributed by atoms with Gasteiger partial charge in [-0.1, -0.05) is 30.3 Å². The Labute approximate surface area is 243 Å². The fraction of sp³-hybridized carbons (Fsp3) is 0.452. The number of carboxylic acid groups (broad SMARTS) is 1. The van der Waals surface area contributed by atoms with Crippen molar-refractivity contribution in [3.63, 3.8) is 0 Å². The first-order valence-electron chi connectivity index (χ1n) is 14.3. The van der Waals surface area contributed by atoms with Gasteiger partial charge >= 0.3 is 5.97 Å². The fourth-order valence-electron chi connectivity index (χ4n) is 6.03. The molecule has 5 rings (SSSR count). The minimum atomic E-state index is -1.31. The van der Waals surface area contributed by atoms with Gasteiger partial charge in [-0.15, -0.1) is 0 Å². The van der Waals surface area contributed by atoms with Crippen molar-refractivity contribution in [1.82, 2.24) is 19.8 Å². The number of nitrogens with one attached hydrogen (secondary N) is 1. The molecule has 42 heavy (non-hydrogen) atoms. The molecular weight excluding hydrogens is 546 g/mol. The summed E-state index contributed by atoms with van der Waals surface area (Å²) in [6, 6.07) is 11.5. The van der Waals surface area contributed by atoms with Gasteiger partial charge in [0.1, 0.15) is 29.6 Å². The van der Waals surface area contributed by atoms with Crippen LogP contribution >= 0.6 is 0 Å². The molecule has 11 heteroatoms. The Hall–Kier alpha value is -3.67. The molecule has 2 unspecified atom stereocenters. The monoisotopic (exact) mass is 582 g/mol. The molecule has 1 aromatic heterocycles. The van der Waals surface area contributed by atoms with Gasteiger partial charge in [-0.2, -0.15) is 0 Å². The molecule has 2 aromatic carbocycles. The number of hydrogen-bond acceptors (Lipinski definition) is 6. The van der Waals surface area contributed by atoms with E-state index in [9.17, 15) is 28.6 Å². The summed E-state index contributed by atoms with van der Waals surface area (Å²) >= 11 is 0. The summed E-state index contributed by atoms with van der Waals surface area (Å²) in [6.45, 7) is 3.34. The van der Waals surface area contributed by atoms with Crippen LogP contribution in [0.15, 0.2) is 54.7 Å². The van der Waals surface area contributed by atoms with Crippen molar-refractivity contribution in [2.45, 2.75) is 50.9 Å². The summed E-state index contributed by atoms with van der Waals surface area (Å²) in [5.41, 5.74) is 1.19. The summed E-state index contributed by atoms with van der Waals surface area (Å²) in [4.78, 5) is 31.8. The molecule has 2 aliphatic heterocycles. The number of aliphatic carboxylic acids is 1. The van der Waals surface area contributed by atoms with E-state index in [0.29, 0.717) is 51.4 Å². The van der Waals surface area contributed by atoms with Gasteiger partial charge in [0.2, 0.25) is 0 Å². The largest absolute Gasteiger partial charge is 0.480 e. The van der Waals surface area contributed by atoms with Crippen LogP contribution in [0, 0.1) is 23.5 Å². The first-order chi connectivity index (χ1) is 20.2. The van der Waals surface area contributed by atoms with Crippen LogP contribution in [-0.4, -0.2) is 75.0 Å². The number of carbonyl (C=O) groups excluding carboxylic acids is 1. The van der Waals surface area contributed by atoms with Crippen LogP contribution in [0.1, 0.15) is 43.6 Å². The summed E-state index contributed by atoms with van der Waals surface area (Å²) in [5, 5.41) is 23.0. The van der Waals surface area contributed by atoms with E-state index in [1.165, 1.54) is 6.92 Å². The van der Waals surface area contributed by atoms with E-state index in [2.05, 4.69) is 5.32 Å². The molecule has 9 nitrogen and oxygen atoms in total. The highest BCUT2D eigenvalue weighted by atomic mass is 19.1. The maximum Gasteiger partial charge on any atom is 0.320 e. The van der Waals surface area contributed by atoms with Crippen molar-refractivity contribution in [2.75, 3.05) is 26.3 Å². The van der Waals surface area contributed by atoms with Crippen molar-refractivity contribution >= 4 is 11.9 Å². The topological polar surface area (TPSA) is 117 Å². The molecule has 3 N–H and O–H groups in total. The van der Waals surface area contributed by atoms with E-state index >= 15 is 0 Å². The Kier molecular flexibility index (Phi) is 9.30. The normalized spacial score (nSPS) is 20.8. The number of hydrogen-bond donors (Lipinski definition) is 3. The molecule has 224 valence electrons. The second-order valence-corrected chi connectivity index (χ2v) is 11.2. The Morgan fingerprint density at radius 2 is 1.90 bits per heavy atom. The second kappa shape index (κ2) is 13.1. The van der Waals surface area contributed by atoms with Crippen molar-refractivity contribution in [2.24, 2.45) is 11.8 Å². The number of carbonyl (C=O) groups is 2. The lowest BCUT2D eigenvalue weighted by atomic mass is 9.88. The van der Waals surface area contributed by atoms with Crippen molar-refractivity contribution in [3.05, 3.63) is 77.8 Å². The van der Waals surface area contributed by atoms with E-state index in [-0.39, 0.29) is 29.6 Å². The molecule has 1 amide bonds. The molecule has 0 saturated carbocycles. The minimum Gasteiger partial charge on any atom is -0.480 e. The van der Waals surface area contributed by atoms with Gasteiger partial charge in [-0.05, 0) is 61.8 Å². The predicted octanol–water partition coefficient (Wildman–Crippen LogP) is 3.62. The van der Waals surface area contributed by atoms with E-state index in [1.807, 2.05) is 34.9 Å². The van der Waals surface area contributed by atoms with E-state index in [1.54, 1.807) is 11.1 Å². The van der Waals surface area contributed by atoms with E-state index in [4.69, 9.17) is 9.72 Å². The van der Waals surface area contributed by atoms with Crippen LogP contribution < -0.4 is 5.32 Å². The number of nitrogens with zero attached hydrogens (tertiary/aromatic N) is 3. The molecule has 2 aliphatic rings. The van der Waals surface area contributed by atoms with Crippen molar-refractivity contribution in [3.8, 4) is 11.3 Å². The van der Waals surface area contributed by atoms with Crippen LogP contribution in [0.25, 0.3) is 11.3 Å². The third-order valence-electron chi connectivity index (χ3n) is 8.14. The number of aliphatic hydroxyl groups excluding tert-OH is 1. The van der Waals surface area contributed by atoms with Crippen LogP contribution in [-0.2, 0) is 20.9 Å². The zero-order valence-corrected chi connectivity index (χ0v) is 23.5. The number of benzene rings is 2. The lowest BCUT2D eigenvalue weighted by Crippen LogP contribution is -2.47. The number of imidazole rings is 1. The number of carboxylic acids is 1. The zero-order chi connectivity index (χ0) is 29.8. The predicted molar refractivity (Wildman–Crippen MR) is 150 cm³/mol. The highest BCUT2D eigenvalue weighted by Crippen LogP contribution is 2.38. The number of aromatic nitrogens is 2. The van der Waals surface area contributed by atoms with Gasteiger partial charge in [-0.25, -0.2) is 13.8 Å². The maximum atomic E-state index is 15.0. The van der Waals surface area contributed by atoms with Crippen LogP contribution in [0.5, 0.6) is 0 Å². The zero-order valence-electron chi connectivity index (χ0n) is 23.5. The van der Waals surface area contributed by atoms with Gasteiger partial charge in [0.05, 0.1) is 11.7 Å². The summed E-state index contributed by atoms with van der Waals surface area (Å²) in [5.74, 6) is -2.46.